The Morgan fingerprint density at radius 2 is 2.19 bits per heavy atom. The van der Waals surface area contributed by atoms with Gasteiger partial charge in [-0.1, -0.05) is 6.08 Å². The van der Waals surface area contributed by atoms with Crippen LogP contribution in [0.1, 0.15) is 19.3 Å². The van der Waals surface area contributed by atoms with Crippen molar-refractivity contribution in [2.75, 3.05) is 13.1 Å². The Morgan fingerprint density at radius 1 is 1.50 bits per heavy atom. The van der Waals surface area contributed by atoms with Crippen LogP contribution in [0.15, 0.2) is 12.7 Å². The second-order valence-electron chi connectivity index (χ2n) is 3.86. The molecule has 2 fully saturated rings. The maximum atomic E-state index is 11.8. The Balaban J connectivity index is 0.00000112. The molecule has 0 aromatic heterocycles. The number of carbonyl (C=O) groups is 2. The summed E-state index contributed by atoms with van der Waals surface area (Å²) in [6.45, 7) is 4.51. The maximum Gasteiger partial charge on any atom is 1.00 e. The van der Waals surface area contributed by atoms with Gasteiger partial charge in [0.1, 0.15) is 5.54 Å². The number of amides is 2. The van der Waals surface area contributed by atoms with Gasteiger partial charge in [-0.3, -0.25) is 9.59 Å². The smallest absolute Gasteiger partial charge is 0.358 e. The number of piperazine rings is 1. The molecule has 0 aromatic carbocycles. The molecule has 0 saturated carbocycles. The summed E-state index contributed by atoms with van der Waals surface area (Å²) in [6, 6.07) is 0. The SMILES string of the molecule is C=CCC12CCCN1C(=O)CNC2=O.[CH3-].[Cs+]. The molecule has 0 bridgehead atoms. The van der Waals surface area contributed by atoms with Gasteiger partial charge in [0.05, 0.1) is 6.54 Å². The molecule has 0 radical (unpaired) electrons. The summed E-state index contributed by atoms with van der Waals surface area (Å²) < 4.78 is 0. The van der Waals surface area contributed by atoms with Crippen molar-refractivity contribution >= 4 is 11.8 Å². The number of fused-ring (bicyclic) bond motifs is 1. The first-order valence-electron chi connectivity index (χ1n) is 4.90. The number of hydrogen-bond acceptors (Lipinski definition) is 2. The van der Waals surface area contributed by atoms with Crippen molar-refractivity contribution in [2.45, 2.75) is 24.8 Å². The summed E-state index contributed by atoms with van der Waals surface area (Å²) in [7, 11) is 0. The van der Waals surface area contributed by atoms with E-state index >= 15 is 0 Å². The van der Waals surface area contributed by atoms with Crippen LogP contribution < -0.4 is 74.2 Å². The fourth-order valence-electron chi connectivity index (χ4n) is 2.44. The third-order valence-corrected chi connectivity index (χ3v) is 3.09. The minimum absolute atomic E-state index is 0. The van der Waals surface area contributed by atoms with E-state index in [2.05, 4.69) is 11.9 Å². The molecule has 2 saturated heterocycles. The van der Waals surface area contributed by atoms with Crippen LogP contribution in [-0.4, -0.2) is 35.3 Å². The fourth-order valence-corrected chi connectivity index (χ4v) is 2.44. The van der Waals surface area contributed by atoms with E-state index in [1.807, 2.05) is 0 Å². The van der Waals surface area contributed by atoms with Crippen molar-refractivity contribution in [1.29, 1.82) is 0 Å². The largest absolute Gasteiger partial charge is 1.00 e. The van der Waals surface area contributed by atoms with E-state index in [0.717, 1.165) is 12.8 Å². The molecule has 5 heteroatoms. The summed E-state index contributed by atoms with van der Waals surface area (Å²) in [6.07, 6.45) is 3.95. The van der Waals surface area contributed by atoms with E-state index in [0.29, 0.717) is 13.0 Å². The van der Waals surface area contributed by atoms with Crippen LogP contribution in [0.4, 0.5) is 0 Å². The van der Waals surface area contributed by atoms with Gasteiger partial charge in [0.15, 0.2) is 0 Å². The fraction of sp³-hybridized carbons (Fsp3) is 0.545. The average Bonchev–Trinajstić information content (AvgIpc) is 2.58. The minimum Gasteiger partial charge on any atom is -0.358 e. The first-order valence-corrected chi connectivity index (χ1v) is 4.90. The van der Waals surface area contributed by atoms with Crippen LogP contribution in [0.2, 0.25) is 0 Å². The summed E-state index contributed by atoms with van der Waals surface area (Å²) in [5.41, 5.74) is -0.614. The second-order valence-corrected chi connectivity index (χ2v) is 3.86. The molecule has 1 unspecified atom stereocenters. The summed E-state index contributed by atoms with van der Waals surface area (Å²) in [4.78, 5) is 25.1. The van der Waals surface area contributed by atoms with Gasteiger partial charge in [-0.15, -0.1) is 6.58 Å². The Bertz CT molecular complexity index is 306. The third kappa shape index (κ3) is 2.59. The summed E-state index contributed by atoms with van der Waals surface area (Å²) in [5.74, 6) is 0.0125. The van der Waals surface area contributed by atoms with Crippen LogP contribution in [0.3, 0.4) is 0 Å². The van der Waals surface area contributed by atoms with Crippen LogP contribution in [0.5, 0.6) is 0 Å². The van der Waals surface area contributed by atoms with Crippen LogP contribution >= 0.6 is 0 Å². The first-order chi connectivity index (χ1) is 6.70. The van der Waals surface area contributed by atoms with Crippen LogP contribution in [0, 0.1) is 7.43 Å². The van der Waals surface area contributed by atoms with Crippen molar-refractivity contribution in [2.24, 2.45) is 0 Å². The van der Waals surface area contributed by atoms with E-state index in [4.69, 9.17) is 0 Å². The van der Waals surface area contributed by atoms with Gasteiger partial charge >= 0.3 is 68.9 Å². The molecule has 0 aromatic rings. The van der Waals surface area contributed by atoms with Gasteiger partial charge in [-0.2, -0.15) is 0 Å². The van der Waals surface area contributed by atoms with Crippen molar-refractivity contribution in [3.63, 3.8) is 0 Å². The van der Waals surface area contributed by atoms with Gasteiger partial charge in [0, 0.05) is 6.54 Å². The Hall–Kier alpha value is 0.732. The normalized spacial score (nSPS) is 27.4. The molecular formula is C11H17CsN2O2. The van der Waals surface area contributed by atoms with E-state index < -0.39 is 5.54 Å². The molecule has 16 heavy (non-hydrogen) atoms. The molecule has 0 aliphatic carbocycles. The van der Waals surface area contributed by atoms with Gasteiger partial charge < -0.3 is 17.6 Å². The minimum atomic E-state index is -0.614. The van der Waals surface area contributed by atoms with Gasteiger partial charge in [-0.25, -0.2) is 0 Å². The quantitative estimate of drug-likeness (QED) is 0.446. The van der Waals surface area contributed by atoms with Crippen molar-refractivity contribution in [3.05, 3.63) is 20.1 Å². The van der Waals surface area contributed by atoms with E-state index in [9.17, 15) is 9.59 Å². The van der Waals surface area contributed by atoms with E-state index in [1.165, 1.54) is 0 Å². The zero-order valence-electron chi connectivity index (χ0n) is 10.1. The Kier molecular flexibility index (Phi) is 6.91. The number of carbonyl (C=O) groups excluding carboxylic acids is 2. The Labute approximate surface area is 156 Å². The number of nitrogens with one attached hydrogen (secondary N) is 1. The van der Waals surface area contributed by atoms with E-state index in [-0.39, 0.29) is 94.7 Å². The first kappa shape index (κ1) is 16.7. The van der Waals surface area contributed by atoms with Crippen LogP contribution in [-0.2, 0) is 9.59 Å². The zero-order chi connectivity index (χ0) is 10.2. The molecule has 1 N–H and O–H groups in total. The second kappa shape index (κ2) is 6.61. The molecule has 0 spiro atoms. The van der Waals surface area contributed by atoms with Gasteiger partial charge in [-0.05, 0) is 19.3 Å². The van der Waals surface area contributed by atoms with E-state index in [1.54, 1.807) is 11.0 Å². The topological polar surface area (TPSA) is 49.4 Å². The number of hydrogen-bond donors (Lipinski definition) is 1. The Morgan fingerprint density at radius 3 is 2.81 bits per heavy atom. The van der Waals surface area contributed by atoms with Gasteiger partial charge in [0.2, 0.25) is 11.8 Å². The zero-order valence-corrected chi connectivity index (χ0v) is 16.4. The maximum absolute atomic E-state index is 11.8. The molecule has 2 aliphatic heterocycles. The summed E-state index contributed by atoms with van der Waals surface area (Å²) in [5, 5.41) is 2.65. The predicted octanol–water partition coefficient (Wildman–Crippen LogP) is -2.49. The van der Waals surface area contributed by atoms with Crippen LogP contribution in [0.25, 0.3) is 0 Å². The molecular weight excluding hydrogens is 325 g/mol. The molecule has 4 nitrogen and oxygen atoms in total. The van der Waals surface area contributed by atoms with Crippen molar-refractivity contribution < 1.29 is 78.5 Å². The third-order valence-electron chi connectivity index (χ3n) is 3.09. The molecule has 1 atom stereocenters. The predicted molar refractivity (Wildman–Crippen MR) is 57.9 cm³/mol. The molecule has 2 amide bonds. The monoisotopic (exact) mass is 342 g/mol. The molecule has 2 heterocycles. The standard InChI is InChI=1S/C10H14N2O2.CH3.Cs/c1-2-4-10-5-3-6-12(10)8(13)7-11-9(10)14;;/h2H,1,3-7H2,(H,11,14);1H3;/q;-1;+1. The molecule has 2 rings (SSSR count). The molecule has 2 aliphatic rings. The van der Waals surface area contributed by atoms with Gasteiger partial charge in [0.25, 0.3) is 0 Å². The van der Waals surface area contributed by atoms with Crippen molar-refractivity contribution in [3.8, 4) is 0 Å². The summed E-state index contributed by atoms with van der Waals surface area (Å²) >= 11 is 0. The van der Waals surface area contributed by atoms with Crippen molar-refractivity contribution in [1.82, 2.24) is 10.2 Å². The number of rotatable bonds is 2. The average molecular weight is 342 g/mol. The number of nitrogens with zero attached hydrogens (tertiary/aromatic N) is 1. The molecule has 84 valence electrons.